The fourth-order valence-corrected chi connectivity index (χ4v) is 0.830. The van der Waals surface area contributed by atoms with Gasteiger partial charge < -0.3 is 0 Å². The molecule has 0 aliphatic heterocycles. The van der Waals surface area contributed by atoms with Crippen molar-refractivity contribution < 1.29 is 0 Å². The summed E-state index contributed by atoms with van der Waals surface area (Å²) in [5.41, 5.74) is 0.809. The molecular weight excluding hydrogens is 160 g/mol. The molecule has 0 aromatic carbocycles. The molecule has 0 aliphatic carbocycles. The van der Waals surface area contributed by atoms with E-state index in [1.54, 1.807) is 24.5 Å². The third kappa shape index (κ3) is 2.06. The molecule has 1 aromatic heterocycles. The Balaban J connectivity index is 2.97. The molecular formula is C8H5ClN2. The van der Waals surface area contributed by atoms with Gasteiger partial charge in [0.25, 0.3) is 0 Å². The van der Waals surface area contributed by atoms with Gasteiger partial charge in [-0.15, -0.1) is 0 Å². The summed E-state index contributed by atoms with van der Waals surface area (Å²) in [4.78, 5) is 3.80. The van der Waals surface area contributed by atoms with Gasteiger partial charge in [0.2, 0.25) is 0 Å². The molecule has 0 fully saturated rings. The molecule has 0 atom stereocenters. The molecule has 0 aliphatic rings. The molecule has 0 N–H and O–H groups in total. The Hall–Kier alpha value is -1.33. The van der Waals surface area contributed by atoms with Gasteiger partial charge in [0, 0.05) is 18.5 Å². The summed E-state index contributed by atoms with van der Waals surface area (Å²) < 4.78 is 0. The summed E-state index contributed by atoms with van der Waals surface area (Å²) in [5, 5.41) is 8.78. The smallest absolute Gasteiger partial charge is 0.0912 e. The van der Waals surface area contributed by atoms with Gasteiger partial charge in [-0.1, -0.05) is 11.6 Å². The minimum Gasteiger partial charge on any atom is -0.263 e. The van der Waals surface area contributed by atoms with E-state index in [-0.39, 0.29) is 0 Å². The van der Waals surface area contributed by atoms with E-state index < -0.39 is 0 Å². The van der Waals surface area contributed by atoms with E-state index in [1.807, 2.05) is 6.07 Å². The highest BCUT2D eigenvalue weighted by atomic mass is 35.5. The minimum absolute atomic E-state index is 0.555. The first kappa shape index (κ1) is 7.77. The topological polar surface area (TPSA) is 36.7 Å². The van der Waals surface area contributed by atoms with E-state index in [0.717, 1.165) is 5.56 Å². The van der Waals surface area contributed by atoms with Crippen molar-refractivity contribution in [3.05, 3.63) is 35.1 Å². The van der Waals surface area contributed by atoms with E-state index >= 15 is 0 Å². The normalized spacial score (nSPS) is 9.82. The number of pyridine rings is 1. The molecule has 3 heteroatoms. The maximum Gasteiger partial charge on any atom is 0.0912 e. The van der Waals surface area contributed by atoms with Crippen LogP contribution in [-0.2, 0) is 0 Å². The van der Waals surface area contributed by atoms with Gasteiger partial charge in [-0.25, -0.2) is 0 Å². The monoisotopic (exact) mass is 164 g/mol. The predicted molar refractivity (Wildman–Crippen MR) is 43.9 cm³/mol. The van der Waals surface area contributed by atoms with E-state index in [2.05, 4.69) is 4.98 Å². The first-order valence-electron chi connectivity index (χ1n) is 3.00. The summed E-state index contributed by atoms with van der Waals surface area (Å²) in [7, 11) is 0. The summed E-state index contributed by atoms with van der Waals surface area (Å²) >= 11 is 5.74. The van der Waals surface area contributed by atoms with Crippen LogP contribution in [0.25, 0.3) is 6.08 Å². The molecule has 0 unspecified atom stereocenters. The average Bonchev–Trinajstić information content (AvgIpc) is 2.03. The van der Waals surface area contributed by atoms with Crippen molar-refractivity contribution in [2.45, 2.75) is 0 Å². The van der Waals surface area contributed by atoms with Crippen molar-refractivity contribution in [1.82, 2.24) is 4.98 Å². The first-order chi connectivity index (χ1) is 5.34. The number of halogens is 1. The predicted octanol–water partition coefficient (Wildman–Crippen LogP) is 2.27. The number of hydrogen-bond acceptors (Lipinski definition) is 2. The van der Waals surface area contributed by atoms with Gasteiger partial charge in [-0.2, -0.15) is 5.26 Å². The fourth-order valence-electron chi connectivity index (χ4n) is 0.648. The van der Waals surface area contributed by atoms with Gasteiger partial charge in [-0.3, -0.25) is 4.98 Å². The largest absolute Gasteiger partial charge is 0.263 e. The van der Waals surface area contributed by atoms with Gasteiger partial charge >= 0.3 is 0 Å². The zero-order valence-corrected chi connectivity index (χ0v) is 6.42. The second-order valence-electron chi connectivity index (χ2n) is 1.86. The van der Waals surface area contributed by atoms with Crippen LogP contribution in [0.3, 0.4) is 0 Å². The second-order valence-corrected chi connectivity index (χ2v) is 2.27. The van der Waals surface area contributed by atoms with Crippen LogP contribution in [0.2, 0.25) is 5.02 Å². The van der Waals surface area contributed by atoms with Crippen LogP contribution in [0, 0.1) is 11.3 Å². The molecule has 1 aromatic rings. The summed E-state index contributed by atoms with van der Waals surface area (Å²) in [5.74, 6) is 0. The number of nitrogens with zero attached hydrogens (tertiary/aromatic N) is 2. The van der Waals surface area contributed by atoms with Gasteiger partial charge in [0.15, 0.2) is 0 Å². The molecule has 0 saturated carbocycles. The highest BCUT2D eigenvalue weighted by Gasteiger charge is 1.92. The Morgan fingerprint density at radius 3 is 3.09 bits per heavy atom. The lowest BCUT2D eigenvalue weighted by atomic mass is 10.2. The van der Waals surface area contributed by atoms with Crippen LogP contribution in [-0.4, -0.2) is 4.98 Å². The van der Waals surface area contributed by atoms with Crippen LogP contribution >= 0.6 is 11.6 Å². The van der Waals surface area contributed by atoms with Crippen LogP contribution in [0.5, 0.6) is 0 Å². The third-order valence-electron chi connectivity index (χ3n) is 1.14. The van der Waals surface area contributed by atoms with Gasteiger partial charge in [0.1, 0.15) is 0 Å². The lowest BCUT2D eigenvalue weighted by Crippen LogP contribution is -1.75. The molecule has 0 radical (unpaired) electrons. The van der Waals surface area contributed by atoms with Crippen molar-refractivity contribution in [2.75, 3.05) is 0 Å². The zero-order valence-electron chi connectivity index (χ0n) is 5.66. The second kappa shape index (κ2) is 3.75. The van der Waals surface area contributed by atoms with Gasteiger partial charge in [0.05, 0.1) is 11.1 Å². The molecule has 2 nitrogen and oxygen atoms in total. The average molecular weight is 165 g/mol. The fraction of sp³-hybridized carbons (Fsp3) is 0. The lowest BCUT2D eigenvalue weighted by Gasteiger charge is -1.92. The van der Waals surface area contributed by atoms with Crippen LogP contribution in [0.1, 0.15) is 5.56 Å². The van der Waals surface area contributed by atoms with E-state index in [0.29, 0.717) is 5.02 Å². The lowest BCUT2D eigenvalue weighted by molar-refractivity contribution is 1.32. The Kier molecular flexibility index (Phi) is 2.65. The van der Waals surface area contributed by atoms with Crippen LogP contribution in [0.4, 0.5) is 0 Å². The van der Waals surface area contributed by atoms with E-state index in [9.17, 15) is 0 Å². The summed E-state index contributed by atoms with van der Waals surface area (Å²) in [6, 6.07) is 3.63. The minimum atomic E-state index is 0.555. The highest BCUT2D eigenvalue weighted by molar-refractivity contribution is 6.31. The van der Waals surface area contributed by atoms with Crippen molar-refractivity contribution >= 4 is 17.7 Å². The van der Waals surface area contributed by atoms with Crippen molar-refractivity contribution in [3.8, 4) is 6.07 Å². The maximum atomic E-state index is 8.22. The molecule has 1 rings (SSSR count). The zero-order chi connectivity index (χ0) is 8.10. The molecule has 0 bridgehead atoms. The summed E-state index contributed by atoms with van der Waals surface area (Å²) in [6.45, 7) is 0. The quantitative estimate of drug-likeness (QED) is 0.597. The highest BCUT2D eigenvalue weighted by Crippen LogP contribution is 2.14. The molecule has 0 spiro atoms. The van der Waals surface area contributed by atoms with E-state index in [4.69, 9.17) is 16.9 Å². The maximum absolute atomic E-state index is 8.22. The Morgan fingerprint density at radius 2 is 2.45 bits per heavy atom. The van der Waals surface area contributed by atoms with Crippen LogP contribution in [0.15, 0.2) is 24.5 Å². The van der Waals surface area contributed by atoms with Crippen molar-refractivity contribution in [3.63, 3.8) is 0 Å². The van der Waals surface area contributed by atoms with Gasteiger partial charge in [-0.05, 0) is 17.7 Å². The number of hydrogen-bond donors (Lipinski definition) is 0. The molecule has 54 valence electrons. The SMILES string of the molecule is N#CC=Cc1ccncc1Cl. The Labute approximate surface area is 69.8 Å². The first-order valence-corrected chi connectivity index (χ1v) is 3.38. The van der Waals surface area contributed by atoms with E-state index in [1.165, 1.54) is 6.08 Å². The Morgan fingerprint density at radius 1 is 1.64 bits per heavy atom. The summed E-state index contributed by atoms with van der Waals surface area (Å²) in [6.07, 6.45) is 6.19. The molecule has 1 heterocycles. The molecule has 0 amide bonds. The molecule has 11 heavy (non-hydrogen) atoms. The number of nitriles is 1. The third-order valence-corrected chi connectivity index (χ3v) is 1.46. The molecule has 0 saturated heterocycles. The van der Waals surface area contributed by atoms with Crippen molar-refractivity contribution in [1.29, 1.82) is 5.26 Å². The number of rotatable bonds is 1. The Bertz CT molecular complexity index is 312. The number of aromatic nitrogens is 1. The standard InChI is InChI=1S/C8H5ClN2/c9-8-6-11-5-3-7(8)2-1-4-10/h1-3,5-6H. The van der Waals surface area contributed by atoms with Crippen molar-refractivity contribution in [2.24, 2.45) is 0 Å². The van der Waals surface area contributed by atoms with Crippen LogP contribution < -0.4 is 0 Å². The number of allylic oxidation sites excluding steroid dienone is 1.